The average Bonchev–Trinajstić information content (AvgIpc) is 2.75. The maximum atomic E-state index is 12.3. The fraction of sp³-hybridized carbons (Fsp3) is 0.333. The minimum Gasteiger partial charge on any atom is -0.550 e. The molecular formula is C15H15N2O3S2-. The normalized spacial score (nSPS) is 16.5. The van der Waals surface area contributed by atoms with Crippen molar-refractivity contribution in [3.05, 3.63) is 35.0 Å². The molecule has 2 rings (SSSR count). The third-order valence-electron chi connectivity index (χ3n) is 3.14. The molecule has 1 aromatic heterocycles. The molecule has 1 aliphatic heterocycles. The van der Waals surface area contributed by atoms with E-state index in [4.69, 9.17) is 12.2 Å². The van der Waals surface area contributed by atoms with Crippen LogP contribution in [-0.4, -0.2) is 32.6 Å². The number of carboxylic acid groups (broad SMARTS) is 1. The zero-order chi connectivity index (χ0) is 15.9. The number of carboxylic acids is 1. The summed E-state index contributed by atoms with van der Waals surface area (Å²) in [5.41, 5.74) is 0.907. The highest BCUT2D eigenvalue weighted by Crippen LogP contribution is 2.32. The topological polar surface area (TPSA) is 73.3 Å². The van der Waals surface area contributed by atoms with Crippen LogP contribution in [0.2, 0.25) is 0 Å². The maximum absolute atomic E-state index is 12.3. The number of pyridine rings is 1. The van der Waals surface area contributed by atoms with Crippen molar-refractivity contribution < 1.29 is 14.7 Å². The van der Waals surface area contributed by atoms with Crippen LogP contribution in [0.15, 0.2) is 29.4 Å². The number of thiocarbonyl (C=S) groups is 1. The van der Waals surface area contributed by atoms with Crippen molar-refractivity contribution in [2.24, 2.45) is 0 Å². The van der Waals surface area contributed by atoms with Crippen LogP contribution in [0, 0.1) is 0 Å². The SMILES string of the molecule is O=C([O-])CCCCCN1C(=O)/C(=C/c2ccncc2)SC1=S. The predicted octanol–water partition coefficient (Wildman–Crippen LogP) is 1.59. The van der Waals surface area contributed by atoms with Crippen LogP contribution in [0.5, 0.6) is 0 Å². The van der Waals surface area contributed by atoms with E-state index in [1.165, 1.54) is 11.8 Å². The van der Waals surface area contributed by atoms with Crippen LogP contribution in [0.4, 0.5) is 0 Å². The van der Waals surface area contributed by atoms with Gasteiger partial charge in [0.1, 0.15) is 4.32 Å². The number of unbranched alkanes of at least 4 members (excludes halogenated alkanes) is 2. The van der Waals surface area contributed by atoms with Gasteiger partial charge in [-0.2, -0.15) is 0 Å². The van der Waals surface area contributed by atoms with E-state index in [1.54, 1.807) is 23.4 Å². The van der Waals surface area contributed by atoms with Crippen molar-refractivity contribution in [2.75, 3.05) is 6.54 Å². The monoisotopic (exact) mass is 335 g/mol. The molecule has 22 heavy (non-hydrogen) atoms. The third kappa shape index (κ3) is 4.64. The smallest absolute Gasteiger partial charge is 0.266 e. The first-order valence-electron chi connectivity index (χ1n) is 6.93. The lowest BCUT2D eigenvalue weighted by Gasteiger charge is -2.14. The molecule has 0 aliphatic carbocycles. The summed E-state index contributed by atoms with van der Waals surface area (Å²) >= 11 is 6.53. The lowest BCUT2D eigenvalue weighted by atomic mass is 10.2. The van der Waals surface area contributed by atoms with Crippen molar-refractivity contribution >= 4 is 46.3 Å². The Kier molecular flexibility index (Phi) is 6.09. The van der Waals surface area contributed by atoms with Crippen LogP contribution in [0.1, 0.15) is 31.2 Å². The molecule has 0 radical (unpaired) electrons. The Balaban J connectivity index is 1.89. The minimum atomic E-state index is -1.04. The van der Waals surface area contributed by atoms with E-state index in [0.717, 1.165) is 18.4 Å². The molecule has 7 heteroatoms. The standard InChI is InChI=1S/C15H16N2O3S2/c18-13(19)4-2-1-3-9-17-14(20)12(22-15(17)21)10-11-5-7-16-8-6-11/h5-8,10H,1-4,9H2,(H,18,19)/p-1/b12-10-. The van der Waals surface area contributed by atoms with E-state index >= 15 is 0 Å². The number of hydrogen-bond acceptors (Lipinski definition) is 6. The first-order valence-corrected chi connectivity index (χ1v) is 8.15. The number of aromatic nitrogens is 1. The van der Waals surface area contributed by atoms with Gasteiger partial charge in [0.25, 0.3) is 5.91 Å². The number of thioether (sulfide) groups is 1. The molecule has 0 atom stereocenters. The van der Waals surface area contributed by atoms with Crippen molar-refractivity contribution in [3.8, 4) is 0 Å². The predicted molar refractivity (Wildman–Crippen MR) is 87.6 cm³/mol. The van der Waals surface area contributed by atoms with Gasteiger partial charge in [-0.1, -0.05) is 30.4 Å². The highest BCUT2D eigenvalue weighted by atomic mass is 32.2. The van der Waals surface area contributed by atoms with Crippen molar-refractivity contribution in [2.45, 2.75) is 25.7 Å². The largest absolute Gasteiger partial charge is 0.550 e. The molecule has 116 valence electrons. The molecule has 1 amide bonds. The maximum Gasteiger partial charge on any atom is 0.266 e. The fourth-order valence-electron chi connectivity index (χ4n) is 2.02. The van der Waals surface area contributed by atoms with Gasteiger partial charge in [-0.3, -0.25) is 14.7 Å². The summed E-state index contributed by atoms with van der Waals surface area (Å²) in [7, 11) is 0. The fourth-order valence-corrected chi connectivity index (χ4v) is 3.33. The summed E-state index contributed by atoms with van der Waals surface area (Å²) < 4.78 is 0.546. The van der Waals surface area contributed by atoms with Crippen molar-refractivity contribution in [1.82, 2.24) is 9.88 Å². The second-order valence-electron chi connectivity index (χ2n) is 4.80. The van der Waals surface area contributed by atoms with Crippen molar-refractivity contribution in [3.63, 3.8) is 0 Å². The molecule has 1 aromatic rings. The lowest BCUT2D eigenvalue weighted by Crippen LogP contribution is -2.29. The summed E-state index contributed by atoms with van der Waals surface area (Å²) in [6.07, 6.45) is 7.21. The lowest BCUT2D eigenvalue weighted by molar-refractivity contribution is -0.305. The molecular weight excluding hydrogens is 320 g/mol. The molecule has 0 aromatic carbocycles. The van der Waals surface area contributed by atoms with Crippen molar-refractivity contribution in [1.29, 1.82) is 0 Å². The molecule has 1 aliphatic rings. The molecule has 0 N–H and O–H groups in total. The van der Waals surface area contributed by atoms with Gasteiger partial charge in [-0.25, -0.2) is 0 Å². The first-order chi connectivity index (χ1) is 10.6. The van der Waals surface area contributed by atoms with Crippen LogP contribution >= 0.6 is 24.0 Å². The first kappa shape index (κ1) is 16.6. The van der Waals surface area contributed by atoms with Gasteiger partial charge in [-0.15, -0.1) is 0 Å². The highest BCUT2D eigenvalue weighted by molar-refractivity contribution is 8.26. The van der Waals surface area contributed by atoms with E-state index in [2.05, 4.69) is 4.98 Å². The molecule has 5 nitrogen and oxygen atoms in total. The van der Waals surface area contributed by atoms with Crippen LogP contribution < -0.4 is 5.11 Å². The number of rotatable bonds is 7. The van der Waals surface area contributed by atoms with Gasteiger partial charge in [0.2, 0.25) is 0 Å². The van der Waals surface area contributed by atoms with E-state index in [1.807, 2.05) is 12.1 Å². The van der Waals surface area contributed by atoms with E-state index in [9.17, 15) is 14.7 Å². The number of hydrogen-bond donors (Lipinski definition) is 0. The summed E-state index contributed by atoms with van der Waals surface area (Å²) in [5, 5.41) is 10.3. The van der Waals surface area contributed by atoms with Gasteiger partial charge in [0.05, 0.1) is 4.91 Å². The Morgan fingerprint density at radius 1 is 1.32 bits per heavy atom. The zero-order valence-corrected chi connectivity index (χ0v) is 13.5. The van der Waals surface area contributed by atoms with Gasteiger partial charge >= 0.3 is 0 Å². The quantitative estimate of drug-likeness (QED) is 0.428. The van der Waals surface area contributed by atoms with E-state index in [0.29, 0.717) is 22.2 Å². The summed E-state index contributed by atoms with van der Waals surface area (Å²) in [6.45, 7) is 0.519. The van der Waals surface area contributed by atoms with Gasteiger partial charge in [-0.05, 0) is 43.0 Å². The summed E-state index contributed by atoms with van der Waals surface area (Å²) in [6, 6.07) is 3.65. The molecule has 0 spiro atoms. The Labute approximate surface area is 138 Å². The minimum absolute atomic E-state index is 0.0559. The Bertz CT molecular complexity index is 602. The zero-order valence-electron chi connectivity index (χ0n) is 11.9. The third-order valence-corrected chi connectivity index (χ3v) is 4.52. The Hall–Kier alpha value is -1.73. The highest BCUT2D eigenvalue weighted by Gasteiger charge is 2.31. The molecule has 1 fully saturated rings. The molecule has 1 saturated heterocycles. The van der Waals surface area contributed by atoms with E-state index < -0.39 is 5.97 Å². The van der Waals surface area contributed by atoms with Crippen LogP contribution in [0.25, 0.3) is 6.08 Å². The second kappa shape index (κ2) is 8.05. The van der Waals surface area contributed by atoms with Gasteiger partial charge in [0.15, 0.2) is 0 Å². The van der Waals surface area contributed by atoms with Crippen LogP contribution in [-0.2, 0) is 9.59 Å². The van der Waals surface area contributed by atoms with Gasteiger partial charge in [0, 0.05) is 24.9 Å². The van der Waals surface area contributed by atoms with Gasteiger partial charge < -0.3 is 9.90 Å². The summed E-state index contributed by atoms with van der Waals surface area (Å²) in [5.74, 6) is -1.13. The molecule has 0 unspecified atom stereocenters. The average molecular weight is 335 g/mol. The number of carbonyl (C=O) groups is 2. The summed E-state index contributed by atoms with van der Waals surface area (Å²) in [4.78, 5) is 28.8. The molecule has 0 saturated carbocycles. The van der Waals surface area contributed by atoms with Crippen LogP contribution in [0.3, 0.4) is 0 Å². The number of nitrogens with zero attached hydrogens (tertiary/aromatic N) is 2. The van der Waals surface area contributed by atoms with E-state index in [-0.39, 0.29) is 12.3 Å². The Morgan fingerprint density at radius 2 is 2.05 bits per heavy atom. The Morgan fingerprint density at radius 3 is 2.73 bits per heavy atom. The number of aliphatic carboxylic acids is 1. The molecule has 2 heterocycles. The second-order valence-corrected chi connectivity index (χ2v) is 6.47. The number of carbonyl (C=O) groups excluding carboxylic acids is 2. The molecule has 0 bridgehead atoms. The number of amides is 1.